The molecule has 1 fully saturated rings. The minimum absolute atomic E-state index is 0. The summed E-state index contributed by atoms with van der Waals surface area (Å²) in [6, 6.07) is 1.96. The van der Waals surface area contributed by atoms with E-state index in [1.807, 2.05) is 17.2 Å². The van der Waals surface area contributed by atoms with Gasteiger partial charge in [0, 0.05) is 30.6 Å². The number of carbonyl (C=O) groups excluding carboxylic acids is 1. The molecule has 0 saturated carbocycles. The van der Waals surface area contributed by atoms with Crippen LogP contribution in [0.15, 0.2) is 11.4 Å². The van der Waals surface area contributed by atoms with Gasteiger partial charge in [-0.25, -0.2) is 0 Å². The Kier molecular flexibility index (Phi) is 5.44. The van der Waals surface area contributed by atoms with Crippen molar-refractivity contribution < 1.29 is 9.53 Å². The second kappa shape index (κ2) is 6.41. The number of nitrogens with two attached hydrogens (primary N) is 1. The molecule has 1 aliphatic heterocycles. The molecular formula is C12H19ClN2O2S. The third kappa shape index (κ3) is 3.16. The number of halogens is 1. The monoisotopic (exact) mass is 290 g/mol. The molecule has 4 nitrogen and oxygen atoms in total. The molecule has 18 heavy (non-hydrogen) atoms. The van der Waals surface area contributed by atoms with Crippen molar-refractivity contribution in [1.29, 1.82) is 0 Å². The van der Waals surface area contributed by atoms with Crippen molar-refractivity contribution in [2.75, 3.05) is 20.2 Å². The molecule has 2 heterocycles. The molecule has 1 aromatic rings. The summed E-state index contributed by atoms with van der Waals surface area (Å²) >= 11 is 1.43. The third-order valence-corrected chi connectivity index (χ3v) is 4.17. The number of likely N-dealkylation sites (tertiary alicyclic amines) is 1. The number of hydrogen-bond donors (Lipinski definition) is 1. The maximum atomic E-state index is 12.2. The van der Waals surface area contributed by atoms with Crippen LogP contribution in [0.2, 0.25) is 0 Å². The van der Waals surface area contributed by atoms with Crippen LogP contribution in [0.3, 0.4) is 0 Å². The number of amides is 1. The Morgan fingerprint density at radius 1 is 1.67 bits per heavy atom. The first-order valence-electron chi connectivity index (χ1n) is 5.79. The largest absolute Gasteiger partial charge is 0.496 e. The van der Waals surface area contributed by atoms with E-state index in [9.17, 15) is 4.79 Å². The van der Waals surface area contributed by atoms with Crippen LogP contribution in [0, 0.1) is 5.92 Å². The number of methoxy groups -OCH3 is 1. The smallest absolute Gasteiger partial charge is 0.264 e. The van der Waals surface area contributed by atoms with Gasteiger partial charge in [0.15, 0.2) is 0 Å². The minimum Gasteiger partial charge on any atom is -0.496 e. The van der Waals surface area contributed by atoms with Crippen molar-refractivity contribution in [3.8, 4) is 5.75 Å². The molecule has 2 atom stereocenters. The van der Waals surface area contributed by atoms with Gasteiger partial charge in [-0.15, -0.1) is 23.7 Å². The number of carbonyl (C=O) groups is 1. The van der Waals surface area contributed by atoms with E-state index in [-0.39, 0.29) is 24.4 Å². The zero-order valence-electron chi connectivity index (χ0n) is 10.6. The van der Waals surface area contributed by atoms with Gasteiger partial charge < -0.3 is 15.4 Å². The number of hydrogen-bond acceptors (Lipinski definition) is 4. The maximum Gasteiger partial charge on any atom is 0.264 e. The molecule has 2 rings (SSSR count). The molecule has 1 amide bonds. The highest BCUT2D eigenvalue weighted by atomic mass is 35.5. The molecule has 0 radical (unpaired) electrons. The van der Waals surface area contributed by atoms with Crippen LogP contribution in [-0.2, 0) is 0 Å². The summed E-state index contributed by atoms with van der Waals surface area (Å²) in [6.45, 7) is 3.59. The Bertz CT molecular complexity index is 409. The SMILES string of the molecule is COc1csc(C(=O)N2CCC(C(C)N)C2)c1.Cl. The zero-order valence-corrected chi connectivity index (χ0v) is 12.2. The van der Waals surface area contributed by atoms with Crippen molar-refractivity contribution >= 4 is 29.7 Å². The average Bonchev–Trinajstić information content (AvgIpc) is 2.97. The van der Waals surface area contributed by atoms with E-state index in [0.717, 1.165) is 30.1 Å². The highest BCUT2D eigenvalue weighted by Gasteiger charge is 2.29. The summed E-state index contributed by atoms with van der Waals surface area (Å²) in [4.78, 5) is 14.8. The second-order valence-corrected chi connectivity index (χ2v) is 5.42. The number of rotatable bonds is 3. The molecule has 0 aliphatic carbocycles. The minimum atomic E-state index is 0. The lowest BCUT2D eigenvalue weighted by Gasteiger charge is -2.17. The molecule has 1 saturated heterocycles. The maximum absolute atomic E-state index is 12.2. The summed E-state index contributed by atoms with van der Waals surface area (Å²) in [5, 5.41) is 1.85. The van der Waals surface area contributed by atoms with Crippen LogP contribution in [-0.4, -0.2) is 37.0 Å². The van der Waals surface area contributed by atoms with Crippen molar-refractivity contribution in [2.24, 2.45) is 11.7 Å². The van der Waals surface area contributed by atoms with E-state index in [1.54, 1.807) is 13.2 Å². The van der Waals surface area contributed by atoms with Crippen molar-refractivity contribution in [1.82, 2.24) is 4.90 Å². The van der Waals surface area contributed by atoms with Gasteiger partial charge in [-0.3, -0.25) is 4.79 Å². The summed E-state index contributed by atoms with van der Waals surface area (Å²) in [5.41, 5.74) is 5.87. The molecule has 1 aliphatic rings. The van der Waals surface area contributed by atoms with Gasteiger partial charge >= 0.3 is 0 Å². The lowest BCUT2D eigenvalue weighted by Crippen LogP contribution is -2.32. The summed E-state index contributed by atoms with van der Waals surface area (Å²) in [6.07, 6.45) is 1.01. The van der Waals surface area contributed by atoms with E-state index in [2.05, 4.69) is 0 Å². The van der Waals surface area contributed by atoms with Crippen LogP contribution >= 0.6 is 23.7 Å². The molecular weight excluding hydrogens is 272 g/mol. The fourth-order valence-corrected chi connectivity index (χ4v) is 2.92. The van der Waals surface area contributed by atoms with Crippen LogP contribution in [0.25, 0.3) is 0 Å². The number of thiophene rings is 1. The van der Waals surface area contributed by atoms with E-state index >= 15 is 0 Å². The van der Waals surface area contributed by atoms with Crippen molar-refractivity contribution in [2.45, 2.75) is 19.4 Å². The summed E-state index contributed by atoms with van der Waals surface area (Å²) < 4.78 is 5.09. The quantitative estimate of drug-likeness (QED) is 0.926. The Hall–Kier alpha value is -0.780. The van der Waals surface area contributed by atoms with Crippen LogP contribution < -0.4 is 10.5 Å². The molecule has 0 spiro atoms. The molecule has 2 N–H and O–H groups in total. The van der Waals surface area contributed by atoms with Gasteiger partial charge in [-0.1, -0.05) is 0 Å². The normalized spacial score (nSPS) is 20.4. The highest BCUT2D eigenvalue weighted by molar-refractivity contribution is 7.12. The lowest BCUT2D eigenvalue weighted by atomic mass is 10.0. The van der Waals surface area contributed by atoms with Crippen molar-refractivity contribution in [3.05, 3.63) is 16.3 Å². The van der Waals surface area contributed by atoms with Crippen molar-refractivity contribution in [3.63, 3.8) is 0 Å². The standard InChI is InChI=1S/C12H18N2O2S.ClH/c1-8(13)9-3-4-14(6-9)12(15)11-5-10(16-2)7-17-11;/h5,7-9H,3-4,6,13H2,1-2H3;1H. The Labute approximate surface area is 118 Å². The fraction of sp³-hybridized carbons (Fsp3) is 0.583. The van der Waals surface area contributed by atoms with Crippen LogP contribution in [0.5, 0.6) is 5.75 Å². The first-order valence-corrected chi connectivity index (χ1v) is 6.67. The number of nitrogens with zero attached hydrogens (tertiary/aromatic N) is 1. The first kappa shape index (κ1) is 15.3. The van der Waals surface area contributed by atoms with Gasteiger partial charge in [0.05, 0.1) is 12.0 Å². The topological polar surface area (TPSA) is 55.6 Å². The predicted octanol–water partition coefficient (Wildman–Crippen LogP) is 1.99. The van der Waals surface area contributed by atoms with Gasteiger partial charge in [-0.2, -0.15) is 0 Å². The third-order valence-electron chi connectivity index (χ3n) is 3.28. The Morgan fingerprint density at radius 2 is 2.39 bits per heavy atom. The van der Waals surface area contributed by atoms with Gasteiger partial charge in [0.25, 0.3) is 5.91 Å². The van der Waals surface area contributed by atoms with E-state index in [1.165, 1.54) is 11.3 Å². The van der Waals surface area contributed by atoms with Crippen LogP contribution in [0.4, 0.5) is 0 Å². The first-order chi connectivity index (χ1) is 8.11. The van der Waals surface area contributed by atoms with Gasteiger partial charge in [0.1, 0.15) is 5.75 Å². The van der Waals surface area contributed by atoms with Crippen LogP contribution in [0.1, 0.15) is 23.0 Å². The number of ether oxygens (including phenoxy) is 1. The molecule has 6 heteroatoms. The molecule has 2 unspecified atom stereocenters. The van der Waals surface area contributed by atoms with Gasteiger partial charge in [0.2, 0.25) is 0 Å². The Morgan fingerprint density at radius 3 is 2.89 bits per heavy atom. The molecule has 102 valence electrons. The summed E-state index contributed by atoms with van der Waals surface area (Å²) in [5.74, 6) is 1.28. The van der Waals surface area contributed by atoms with E-state index in [4.69, 9.17) is 10.5 Å². The predicted molar refractivity (Wildman–Crippen MR) is 75.8 cm³/mol. The zero-order chi connectivity index (χ0) is 12.4. The average molecular weight is 291 g/mol. The summed E-state index contributed by atoms with van der Waals surface area (Å²) in [7, 11) is 1.61. The van der Waals surface area contributed by atoms with E-state index < -0.39 is 0 Å². The van der Waals surface area contributed by atoms with Gasteiger partial charge in [-0.05, 0) is 19.3 Å². The molecule has 0 aromatic carbocycles. The lowest BCUT2D eigenvalue weighted by molar-refractivity contribution is 0.0790. The molecule has 1 aromatic heterocycles. The Balaban J connectivity index is 0.00000162. The van der Waals surface area contributed by atoms with E-state index in [0.29, 0.717) is 5.92 Å². The second-order valence-electron chi connectivity index (χ2n) is 4.51. The fourth-order valence-electron chi connectivity index (χ4n) is 2.09. The molecule has 0 bridgehead atoms. The highest BCUT2D eigenvalue weighted by Crippen LogP contribution is 2.26.